The molecule has 0 unspecified atom stereocenters. The summed E-state index contributed by atoms with van der Waals surface area (Å²) >= 11 is 0. The van der Waals surface area contributed by atoms with Gasteiger partial charge in [0.15, 0.2) is 11.6 Å². The van der Waals surface area contributed by atoms with Gasteiger partial charge in [-0.25, -0.2) is 8.78 Å². The third-order valence-electron chi connectivity index (χ3n) is 2.67. The van der Waals surface area contributed by atoms with Crippen molar-refractivity contribution in [2.75, 3.05) is 13.2 Å². The number of aliphatic hydroxyl groups excluding tert-OH is 1. The summed E-state index contributed by atoms with van der Waals surface area (Å²) in [5, 5.41) is 12.0. The molecule has 4 heteroatoms. The largest absolute Gasteiger partial charge is 0.396 e. The maximum absolute atomic E-state index is 13.1. The van der Waals surface area contributed by atoms with Crippen molar-refractivity contribution < 1.29 is 13.9 Å². The zero-order chi connectivity index (χ0) is 12.8. The van der Waals surface area contributed by atoms with Crippen LogP contribution < -0.4 is 5.32 Å². The molecule has 17 heavy (non-hydrogen) atoms. The Morgan fingerprint density at radius 2 is 1.94 bits per heavy atom. The molecule has 1 aromatic carbocycles. The molecule has 0 aliphatic heterocycles. The van der Waals surface area contributed by atoms with Crippen LogP contribution in [0, 0.1) is 17.6 Å². The maximum Gasteiger partial charge on any atom is 0.159 e. The Balaban J connectivity index is 2.78. The first-order valence-electron chi connectivity index (χ1n) is 5.85. The van der Waals surface area contributed by atoms with Crippen LogP contribution in [0.2, 0.25) is 0 Å². The molecule has 96 valence electrons. The zero-order valence-corrected chi connectivity index (χ0v) is 10.2. The van der Waals surface area contributed by atoms with Gasteiger partial charge in [-0.05, 0) is 36.6 Å². The number of hydrogen-bond donors (Lipinski definition) is 2. The summed E-state index contributed by atoms with van der Waals surface area (Å²) in [6, 6.07) is 3.94. The number of hydrogen-bond acceptors (Lipinski definition) is 2. The van der Waals surface area contributed by atoms with Crippen molar-refractivity contribution in [2.45, 2.75) is 26.3 Å². The summed E-state index contributed by atoms with van der Waals surface area (Å²) in [4.78, 5) is 0. The number of halogens is 2. The van der Waals surface area contributed by atoms with Crippen LogP contribution in [-0.4, -0.2) is 18.3 Å². The minimum atomic E-state index is -0.827. The second-order valence-electron chi connectivity index (χ2n) is 4.43. The van der Waals surface area contributed by atoms with Gasteiger partial charge in [-0.15, -0.1) is 0 Å². The average molecular weight is 243 g/mol. The molecule has 0 saturated heterocycles. The molecule has 0 radical (unpaired) electrons. The monoisotopic (exact) mass is 243 g/mol. The molecular formula is C13H19F2NO. The maximum atomic E-state index is 13.1. The second-order valence-corrected chi connectivity index (χ2v) is 4.43. The molecule has 0 aliphatic carbocycles. The molecule has 0 bridgehead atoms. The molecule has 0 fully saturated rings. The predicted molar refractivity (Wildman–Crippen MR) is 63.6 cm³/mol. The van der Waals surface area contributed by atoms with E-state index in [-0.39, 0.29) is 18.6 Å². The van der Waals surface area contributed by atoms with Gasteiger partial charge in [0.2, 0.25) is 0 Å². The van der Waals surface area contributed by atoms with Gasteiger partial charge in [0.1, 0.15) is 0 Å². The number of nitrogens with one attached hydrogen (secondary N) is 1. The van der Waals surface area contributed by atoms with E-state index in [0.717, 1.165) is 11.6 Å². The van der Waals surface area contributed by atoms with Crippen molar-refractivity contribution in [1.82, 2.24) is 5.32 Å². The van der Waals surface area contributed by atoms with Crippen LogP contribution in [0.4, 0.5) is 8.78 Å². The van der Waals surface area contributed by atoms with Gasteiger partial charge in [0.25, 0.3) is 0 Å². The molecule has 0 saturated carbocycles. The van der Waals surface area contributed by atoms with E-state index in [0.29, 0.717) is 13.0 Å². The molecule has 0 aliphatic rings. The molecule has 2 N–H and O–H groups in total. The Morgan fingerprint density at radius 1 is 1.24 bits per heavy atom. The predicted octanol–water partition coefficient (Wildman–Crippen LogP) is 2.63. The summed E-state index contributed by atoms with van der Waals surface area (Å²) in [5.74, 6) is -1.39. The van der Waals surface area contributed by atoms with Gasteiger partial charge in [-0.1, -0.05) is 19.9 Å². The third-order valence-corrected chi connectivity index (χ3v) is 2.67. The lowest BCUT2D eigenvalue weighted by Gasteiger charge is -2.23. The highest BCUT2D eigenvalue weighted by molar-refractivity contribution is 5.21. The lowest BCUT2D eigenvalue weighted by atomic mass is 9.96. The Kier molecular flexibility index (Phi) is 5.51. The van der Waals surface area contributed by atoms with Gasteiger partial charge >= 0.3 is 0 Å². The third kappa shape index (κ3) is 4.06. The lowest BCUT2D eigenvalue weighted by molar-refractivity contribution is 0.278. The summed E-state index contributed by atoms with van der Waals surface area (Å²) in [5.41, 5.74) is 0.733. The van der Waals surface area contributed by atoms with Crippen LogP contribution in [0.1, 0.15) is 31.9 Å². The second kappa shape index (κ2) is 6.67. The molecule has 0 aromatic heterocycles. The average Bonchev–Trinajstić information content (AvgIpc) is 2.28. The number of benzene rings is 1. The van der Waals surface area contributed by atoms with Crippen molar-refractivity contribution in [1.29, 1.82) is 0 Å². The van der Waals surface area contributed by atoms with Crippen molar-refractivity contribution >= 4 is 0 Å². The van der Waals surface area contributed by atoms with Crippen LogP contribution in [0.3, 0.4) is 0 Å². The van der Waals surface area contributed by atoms with Crippen LogP contribution in [0.25, 0.3) is 0 Å². The van der Waals surface area contributed by atoms with Gasteiger partial charge in [0, 0.05) is 12.6 Å². The van der Waals surface area contributed by atoms with E-state index in [9.17, 15) is 8.78 Å². The van der Waals surface area contributed by atoms with Crippen LogP contribution in [0.5, 0.6) is 0 Å². The van der Waals surface area contributed by atoms with E-state index in [1.54, 1.807) is 6.07 Å². The van der Waals surface area contributed by atoms with E-state index in [4.69, 9.17) is 5.11 Å². The quantitative estimate of drug-likeness (QED) is 0.753. The van der Waals surface area contributed by atoms with Crippen LogP contribution in [0.15, 0.2) is 18.2 Å². The zero-order valence-electron chi connectivity index (χ0n) is 10.2. The number of aliphatic hydroxyl groups is 1. The van der Waals surface area contributed by atoms with Crippen LogP contribution >= 0.6 is 0 Å². The molecule has 2 nitrogen and oxygen atoms in total. The minimum absolute atomic E-state index is 0.0309. The summed E-state index contributed by atoms with van der Waals surface area (Å²) < 4.78 is 26.0. The normalized spacial score (nSPS) is 13.1. The topological polar surface area (TPSA) is 32.3 Å². The minimum Gasteiger partial charge on any atom is -0.396 e. The fourth-order valence-corrected chi connectivity index (χ4v) is 1.78. The molecule has 0 heterocycles. The van der Waals surface area contributed by atoms with E-state index in [2.05, 4.69) is 5.32 Å². The van der Waals surface area contributed by atoms with Crippen molar-refractivity contribution in [3.63, 3.8) is 0 Å². The molecule has 1 atom stereocenters. The summed E-state index contributed by atoms with van der Waals surface area (Å²) in [6.07, 6.45) is 0.646. The van der Waals surface area contributed by atoms with Crippen molar-refractivity contribution in [3.8, 4) is 0 Å². The van der Waals surface area contributed by atoms with Gasteiger partial charge in [0.05, 0.1) is 0 Å². The lowest BCUT2D eigenvalue weighted by Crippen LogP contribution is -2.27. The summed E-state index contributed by atoms with van der Waals surface area (Å²) in [6.45, 7) is 4.80. The first-order valence-corrected chi connectivity index (χ1v) is 5.85. The van der Waals surface area contributed by atoms with E-state index >= 15 is 0 Å². The van der Waals surface area contributed by atoms with E-state index in [1.807, 2.05) is 13.8 Å². The highest BCUT2D eigenvalue weighted by Gasteiger charge is 2.16. The van der Waals surface area contributed by atoms with Crippen molar-refractivity contribution in [3.05, 3.63) is 35.4 Å². The first kappa shape index (κ1) is 14.1. The van der Waals surface area contributed by atoms with Gasteiger partial charge < -0.3 is 10.4 Å². The highest BCUT2D eigenvalue weighted by Crippen LogP contribution is 2.23. The van der Waals surface area contributed by atoms with E-state index < -0.39 is 11.6 Å². The smallest absolute Gasteiger partial charge is 0.159 e. The Bertz CT molecular complexity index is 355. The Labute approximate surface area is 101 Å². The summed E-state index contributed by atoms with van der Waals surface area (Å²) in [7, 11) is 0. The number of rotatable bonds is 6. The molecular weight excluding hydrogens is 224 g/mol. The van der Waals surface area contributed by atoms with Gasteiger partial charge in [-0.3, -0.25) is 0 Å². The fraction of sp³-hybridized carbons (Fsp3) is 0.538. The van der Waals surface area contributed by atoms with E-state index in [1.165, 1.54) is 6.07 Å². The Morgan fingerprint density at radius 3 is 2.47 bits per heavy atom. The highest BCUT2D eigenvalue weighted by atomic mass is 19.2. The first-order chi connectivity index (χ1) is 8.06. The Hall–Kier alpha value is -1.00. The van der Waals surface area contributed by atoms with Crippen LogP contribution in [-0.2, 0) is 0 Å². The fourth-order valence-electron chi connectivity index (χ4n) is 1.78. The standard InChI is InChI=1S/C13H19F2NO/c1-9(2)13(16-6-3-7-17)10-4-5-11(14)12(15)8-10/h4-5,8-9,13,16-17H,3,6-7H2,1-2H3/t13-/m1/s1. The molecule has 1 aromatic rings. The SMILES string of the molecule is CC(C)[C@@H](NCCCO)c1ccc(F)c(F)c1. The van der Waals surface area contributed by atoms with Gasteiger partial charge in [-0.2, -0.15) is 0 Å². The molecule has 0 amide bonds. The van der Waals surface area contributed by atoms with Crippen molar-refractivity contribution in [2.24, 2.45) is 5.92 Å². The molecule has 1 rings (SSSR count). The molecule has 0 spiro atoms.